The summed E-state index contributed by atoms with van der Waals surface area (Å²) < 4.78 is 0. The summed E-state index contributed by atoms with van der Waals surface area (Å²) in [5.74, 6) is 0.786. The van der Waals surface area contributed by atoms with Crippen LogP contribution in [0.3, 0.4) is 0 Å². The summed E-state index contributed by atoms with van der Waals surface area (Å²) in [5, 5.41) is 3.94. The van der Waals surface area contributed by atoms with Crippen molar-refractivity contribution >= 4 is 23.1 Å². The predicted molar refractivity (Wildman–Crippen MR) is 83.3 cm³/mol. The molecule has 20 heavy (non-hydrogen) atoms. The van der Waals surface area contributed by atoms with E-state index in [9.17, 15) is 0 Å². The second-order valence-corrected chi connectivity index (χ2v) is 5.25. The first-order chi connectivity index (χ1) is 9.83. The molecule has 2 aromatic heterocycles. The van der Waals surface area contributed by atoms with E-state index in [1.54, 1.807) is 12.4 Å². The number of nitrogens with one attached hydrogen (secondary N) is 1. The minimum absolute atomic E-state index is 0.541. The van der Waals surface area contributed by atoms with Gasteiger partial charge in [-0.1, -0.05) is 12.1 Å². The maximum atomic E-state index is 5.53. The van der Waals surface area contributed by atoms with Gasteiger partial charge in [0.05, 0.1) is 0 Å². The van der Waals surface area contributed by atoms with Gasteiger partial charge in [-0.05, 0) is 48.8 Å². The van der Waals surface area contributed by atoms with Crippen LogP contribution >= 0.6 is 12.2 Å². The highest BCUT2D eigenvalue weighted by Gasteiger charge is 2.30. The van der Waals surface area contributed by atoms with E-state index in [0.717, 1.165) is 17.5 Å². The van der Waals surface area contributed by atoms with Crippen LogP contribution < -0.4 is 5.32 Å². The fourth-order valence-corrected chi connectivity index (χ4v) is 2.38. The van der Waals surface area contributed by atoms with E-state index in [-0.39, 0.29) is 0 Å². The number of rotatable bonds is 4. The molecule has 0 bridgehead atoms. The third-order valence-electron chi connectivity index (χ3n) is 3.22. The maximum absolute atomic E-state index is 5.53. The number of hydrogen-bond acceptors (Lipinski definition) is 3. The minimum Gasteiger partial charge on any atom is -0.342 e. The molecule has 1 aliphatic rings. The zero-order chi connectivity index (χ0) is 13.8. The second kappa shape index (κ2) is 5.96. The van der Waals surface area contributed by atoms with Gasteiger partial charge in [-0.2, -0.15) is 0 Å². The first-order valence-corrected chi connectivity index (χ1v) is 7.11. The van der Waals surface area contributed by atoms with Gasteiger partial charge in [-0.15, -0.1) is 0 Å². The Balaban J connectivity index is 1.69. The molecule has 2 aromatic rings. The normalized spacial score (nSPS) is 13.8. The van der Waals surface area contributed by atoms with Crippen molar-refractivity contribution in [2.24, 2.45) is 0 Å². The highest BCUT2D eigenvalue weighted by atomic mass is 32.1. The highest BCUT2D eigenvalue weighted by molar-refractivity contribution is 7.80. The third kappa shape index (κ3) is 3.30. The molecular weight excluding hydrogens is 268 g/mol. The molecule has 5 heteroatoms. The van der Waals surface area contributed by atoms with Crippen LogP contribution in [0.5, 0.6) is 0 Å². The van der Waals surface area contributed by atoms with Gasteiger partial charge in [0.25, 0.3) is 0 Å². The molecule has 0 unspecified atom stereocenters. The van der Waals surface area contributed by atoms with Crippen LogP contribution in [0, 0.1) is 0 Å². The number of hydrogen-bond donors (Lipinski definition) is 1. The van der Waals surface area contributed by atoms with Gasteiger partial charge in [0.15, 0.2) is 5.11 Å². The molecule has 0 spiro atoms. The third-order valence-corrected chi connectivity index (χ3v) is 3.56. The molecular formula is C15H16N4S. The van der Waals surface area contributed by atoms with Gasteiger partial charge in [-0.3, -0.25) is 4.98 Å². The van der Waals surface area contributed by atoms with Crippen LogP contribution in [0.15, 0.2) is 48.9 Å². The Kier molecular flexibility index (Phi) is 3.87. The standard InChI is InChI=1S/C15H16N4S/c20-15(18-14-5-1-2-9-17-14)19(13-6-7-13)11-12-4-3-8-16-10-12/h1-5,8-10,13H,6-7,11H2,(H,17,18,20). The Morgan fingerprint density at radius 1 is 1.25 bits per heavy atom. The van der Waals surface area contributed by atoms with Crippen molar-refractivity contribution in [3.05, 3.63) is 54.5 Å². The van der Waals surface area contributed by atoms with Crippen molar-refractivity contribution < 1.29 is 0 Å². The molecule has 1 aliphatic carbocycles. The number of pyridine rings is 2. The summed E-state index contributed by atoms with van der Waals surface area (Å²) in [6.45, 7) is 0.789. The summed E-state index contributed by atoms with van der Waals surface area (Å²) in [6, 6.07) is 10.3. The van der Waals surface area contributed by atoms with Crippen molar-refractivity contribution in [2.75, 3.05) is 5.32 Å². The van der Waals surface area contributed by atoms with Crippen LogP contribution in [0.4, 0.5) is 5.82 Å². The number of anilines is 1. The quantitative estimate of drug-likeness (QED) is 0.874. The topological polar surface area (TPSA) is 41.1 Å². The van der Waals surface area contributed by atoms with E-state index >= 15 is 0 Å². The Hall–Kier alpha value is -2.01. The highest BCUT2D eigenvalue weighted by Crippen LogP contribution is 2.28. The molecule has 3 rings (SSSR count). The lowest BCUT2D eigenvalue weighted by Gasteiger charge is -2.25. The van der Waals surface area contributed by atoms with Gasteiger partial charge in [-0.25, -0.2) is 4.98 Å². The Morgan fingerprint density at radius 2 is 2.15 bits per heavy atom. The molecule has 0 aliphatic heterocycles. The van der Waals surface area contributed by atoms with Crippen molar-refractivity contribution in [3.63, 3.8) is 0 Å². The Labute approximate surface area is 123 Å². The molecule has 4 nitrogen and oxygen atoms in total. The number of nitrogens with zero attached hydrogens (tertiary/aromatic N) is 3. The van der Waals surface area contributed by atoms with Crippen molar-refractivity contribution in [1.82, 2.24) is 14.9 Å². The number of aromatic nitrogens is 2. The van der Waals surface area contributed by atoms with Crippen molar-refractivity contribution in [3.8, 4) is 0 Å². The SMILES string of the molecule is S=C(Nc1ccccn1)N(Cc1cccnc1)C1CC1. The van der Waals surface area contributed by atoms with Crippen LogP contribution in [-0.4, -0.2) is 26.0 Å². The van der Waals surface area contributed by atoms with Crippen LogP contribution in [-0.2, 0) is 6.54 Å². The first-order valence-electron chi connectivity index (χ1n) is 6.70. The maximum Gasteiger partial charge on any atom is 0.175 e. The molecule has 1 fully saturated rings. The van der Waals surface area contributed by atoms with E-state index in [1.807, 2.05) is 30.5 Å². The first kappa shape index (κ1) is 13.0. The predicted octanol–water partition coefficient (Wildman–Crippen LogP) is 2.84. The average molecular weight is 284 g/mol. The lowest BCUT2D eigenvalue weighted by atomic mass is 10.2. The van der Waals surface area contributed by atoms with Crippen molar-refractivity contribution in [2.45, 2.75) is 25.4 Å². The fourth-order valence-electron chi connectivity index (χ4n) is 2.06. The monoisotopic (exact) mass is 284 g/mol. The van der Waals surface area contributed by atoms with E-state index in [2.05, 4.69) is 26.3 Å². The largest absolute Gasteiger partial charge is 0.342 e. The van der Waals surface area contributed by atoms with Gasteiger partial charge < -0.3 is 10.2 Å². The number of thiocarbonyl (C=S) groups is 1. The molecule has 0 saturated heterocycles. The van der Waals surface area contributed by atoms with E-state index in [1.165, 1.54) is 18.4 Å². The lowest BCUT2D eigenvalue weighted by molar-refractivity contribution is 0.408. The molecule has 102 valence electrons. The Morgan fingerprint density at radius 3 is 2.80 bits per heavy atom. The summed E-state index contributed by atoms with van der Waals surface area (Å²) >= 11 is 5.53. The minimum atomic E-state index is 0.541. The summed E-state index contributed by atoms with van der Waals surface area (Å²) in [6.07, 6.45) is 7.83. The second-order valence-electron chi connectivity index (χ2n) is 4.87. The molecule has 0 atom stereocenters. The summed E-state index contributed by atoms with van der Waals surface area (Å²) in [5.41, 5.74) is 1.17. The molecule has 1 N–H and O–H groups in total. The van der Waals surface area contributed by atoms with Crippen molar-refractivity contribution in [1.29, 1.82) is 0 Å². The molecule has 0 amide bonds. The van der Waals surface area contributed by atoms with E-state index in [4.69, 9.17) is 12.2 Å². The fraction of sp³-hybridized carbons (Fsp3) is 0.267. The molecule has 2 heterocycles. The molecule has 0 radical (unpaired) electrons. The van der Waals surface area contributed by atoms with E-state index < -0.39 is 0 Å². The summed E-state index contributed by atoms with van der Waals surface area (Å²) in [4.78, 5) is 10.6. The average Bonchev–Trinajstić information content (AvgIpc) is 3.31. The van der Waals surface area contributed by atoms with Crippen LogP contribution in [0.2, 0.25) is 0 Å². The van der Waals surface area contributed by atoms with Crippen LogP contribution in [0.1, 0.15) is 18.4 Å². The summed E-state index contributed by atoms with van der Waals surface area (Å²) in [7, 11) is 0. The van der Waals surface area contributed by atoms with Gasteiger partial charge in [0.1, 0.15) is 5.82 Å². The smallest absolute Gasteiger partial charge is 0.175 e. The zero-order valence-electron chi connectivity index (χ0n) is 11.1. The van der Waals surface area contributed by atoms with Crippen LogP contribution in [0.25, 0.3) is 0 Å². The Bertz CT molecular complexity index is 569. The van der Waals surface area contributed by atoms with Gasteiger partial charge in [0, 0.05) is 31.2 Å². The zero-order valence-corrected chi connectivity index (χ0v) is 11.9. The molecule has 0 aromatic carbocycles. The van der Waals surface area contributed by atoms with Gasteiger partial charge in [0.2, 0.25) is 0 Å². The van der Waals surface area contributed by atoms with Gasteiger partial charge >= 0.3 is 0 Å². The molecule has 1 saturated carbocycles. The van der Waals surface area contributed by atoms with E-state index in [0.29, 0.717) is 6.04 Å². The lowest BCUT2D eigenvalue weighted by Crippen LogP contribution is -2.36.